The number of nitrogens with zero attached hydrogens (tertiary/aromatic N) is 5. The van der Waals surface area contributed by atoms with Gasteiger partial charge in [-0.3, -0.25) is 10.1 Å². The van der Waals surface area contributed by atoms with Gasteiger partial charge >= 0.3 is 0 Å². The van der Waals surface area contributed by atoms with E-state index in [9.17, 15) is 4.79 Å². The molecule has 0 aliphatic carbocycles. The van der Waals surface area contributed by atoms with Crippen molar-refractivity contribution in [1.82, 2.24) is 25.4 Å². The number of hydrogen-bond donors (Lipinski definition) is 1. The van der Waals surface area contributed by atoms with E-state index in [4.69, 9.17) is 4.52 Å². The Morgan fingerprint density at radius 1 is 1.00 bits per heavy atom. The molecule has 0 aliphatic heterocycles. The van der Waals surface area contributed by atoms with E-state index in [1.807, 2.05) is 62.4 Å². The first kappa shape index (κ1) is 17.6. The monoisotopic (exact) mass is 374 g/mol. The molecule has 28 heavy (non-hydrogen) atoms. The summed E-state index contributed by atoms with van der Waals surface area (Å²) in [6.07, 6.45) is 0. The van der Waals surface area contributed by atoms with E-state index in [0.717, 1.165) is 22.3 Å². The molecule has 0 bridgehead atoms. The first-order valence-electron chi connectivity index (χ1n) is 8.75. The molecule has 4 rings (SSSR count). The van der Waals surface area contributed by atoms with Gasteiger partial charge in [0.05, 0.1) is 0 Å². The molecule has 0 saturated carbocycles. The van der Waals surface area contributed by atoms with Crippen LogP contribution in [0.4, 0.5) is 5.88 Å². The molecule has 1 amide bonds. The lowest BCUT2D eigenvalue weighted by Crippen LogP contribution is -2.20. The van der Waals surface area contributed by atoms with Gasteiger partial charge in [-0.2, -0.15) is 4.80 Å². The molecular formula is C20H18N6O2. The zero-order chi connectivity index (χ0) is 19.5. The predicted octanol–water partition coefficient (Wildman–Crippen LogP) is 3.25. The van der Waals surface area contributed by atoms with Crippen molar-refractivity contribution in [2.75, 3.05) is 5.32 Å². The second-order valence-corrected chi connectivity index (χ2v) is 6.50. The summed E-state index contributed by atoms with van der Waals surface area (Å²) >= 11 is 0. The molecule has 0 radical (unpaired) electrons. The fourth-order valence-corrected chi connectivity index (χ4v) is 2.63. The van der Waals surface area contributed by atoms with Crippen LogP contribution in [-0.2, 0) is 11.3 Å². The number of aryl methyl sites for hydroxylation is 2. The average molecular weight is 374 g/mol. The van der Waals surface area contributed by atoms with Crippen LogP contribution >= 0.6 is 0 Å². The number of nitrogens with one attached hydrogen (secondary N) is 1. The van der Waals surface area contributed by atoms with Gasteiger partial charge in [0.25, 0.3) is 0 Å². The molecule has 0 saturated heterocycles. The highest BCUT2D eigenvalue weighted by molar-refractivity contribution is 5.89. The molecule has 0 unspecified atom stereocenters. The number of aromatic nitrogens is 5. The fraction of sp³-hybridized carbons (Fsp3) is 0.150. The highest BCUT2D eigenvalue weighted by Crippen LogP contribution is 2.22. The van der Waals surface area contributed by atoms with Crippen LogP contribution in [0.3, 0.4) is 0 Å². The lowest BCUT2D eigenvalue weighted by atomic mass is 10.1. The van der Waals surface area contributed by atoms with Crippen molar-refractivity contribution in [2.24, 2.45) is 0 Å². The van der Waals surface area contributed by atoms with E-state index in [-0.39, 0.29) is 18.3 Å². The van der Waals surface area contributed by atoms with Gasteiger partial charge < -0.3 is 4.52 Å². The Bertz CT molecular complexity index is 1010. The standard InChI is InChI=1S/C20H18N6O2/c1-13-3-7-15(8-4-13)17-11-19(28-24-17)21-18(27)12-26-23-20(22-25-26)16-9-5-14(2)6-10-16/h3-11H,12H2,1-2H3,(H,21,27). The number of anilines is 1. The minimum absolute atomic E-state index is 0.0839. The van der Waals surface area contributed by atoms with E-state index in [0.29, 0.717) is 11.5 Å². The van der Waals surface area contributed by atoms with Crippen molar-refractivity contribution in [3.8, 4) is 22.6 Å². The Morgan fingerprint density at radius 3 is 2.32 bits per heavy atom. The first-order chi connectivity index (χ1) is 13.6. The van der Waals surface area contributed by atoms with Crippen molar-refractivity contribution in [1.29, 1.82) is 0 Å². The van der Waals surface area contributed by atoms with Gasteiger partial charge in [-0.15, -0.1) is 10.2 Å². The second kappa shape index (κ2) is 7.43. The van der Waals surface area contributed by atoms with Crippen molar-refractivity contribution in [3.05, 3.63) is 65.7 Å². The van der Waals surface area contributed by atoms with Crippen LogP contribution < -0.4 is 5.32 Å². The zero-order valence-corrected chi connectivity index (χ0v) is 15.5. The maximum atomic E-state index is 12.2. The molecule has 8 heteroatoms. The van der Waals surface area contributed by atoms with E-state index in [2.05, 4.69) is 25.9 Å². The lowest BCUT2D eigenvalue weighted by Gasteiger charge is -1.99. The second-order valence-electron chi connectivity index (χ2n) is 6.50. The third kappa shape index (κ3) is 3.96. The number of carbonyl (C=O) groups excluding carboxylic acids is 1. The van der Waals surface area contributed by atoms with Crippen LogP contribution in [-0.4, -0.2) is 31.3 Å². The largest absolute Gasteiger partial charge is 0.338 e. The van der Waals surface area contributed by atoms with Gasteiger partial charge in [0.2, 0.25) is 17.6 Å². The summed E-state index contributed by atoms with van der Waals surface area (Å²) in [6, 6.07) is 17.3. The Balaban J connectivity index is 1.40. The molecule has 2 aromatic heterocycles. The number of hydrogen-bond acceptors (Lipinski definition) is 6. The van der Waals surface area contributed by atoms with Crippen LogP contribution in [0.25, 0.3) is 22.6 Å². The Labute approximate surface area is 161 Å². The van der Waals surface area contributed by atoms with Crippen molar-refractivity contribution < 1.29 is 9.32 Å². The summed E-state index contributed by atoms with van der Waals surface area (Å²) in [4.78, 5) is 13.5. The highest BCUT2D eigenvalue weighted by Gasteiger charge is 2.12. The summed E-state index contributed by atoms with van der Waals surface area (Å²) < 4.78 is 5.20. The molecule has 0 spiro atoms. The summed E-state index contributed by atoms with van der Waals surface area (Å²) in [5.41, 5.74) is 4.71. The third-order valence-corrected chi connectivity index (χ3v) is 4.17. The average Bonchev–Trinajstić information content (AvgIpc) is 3.33. The number of rotatable bonds is 5. The number of carbonyl (C=O) groups is 1. The van der Waals surface area contributed by atoms with Gasteiger partial charge in [0.15, 0.2) is 0 Å². The summed E-state index contributed by atoms with van der Waals surface area (Å²) in [7, 11) is 0. The van der Waals surface area contributed by atoms with Gasteiger partial charge in [0, 0.05) is 17.2 Å². The van der Waals surface area contributed by atoms with Gasteiger partial charge in [-0.25, -0.2) is 0 Å². The summed E-state index contributed by atoms with van der Waals surface area (Å²) in [5, 5.41) is 18.8. The molecule has 2 aromatic carbocycles. The van der Waals surface area contributed by atoms with Gasteiger partial charge in [-0.1, -0.05) is 64.8 Å². The van der Waals surface area contributed by atoms with Crippen molar-refractivity contribution in [3.63, 3.8) is 0 Å². The maximum Gasteiger partial charge on any atom is 0.250 e. The highest BCUT2D eigenvalue weighted by atomic mass is 16.5. The molecule has 140 valence electrons. The quantitative estimate of drug-likeness (QED) is 0.576. The molecule has 0 atom stereocenters. The number of benzene rings is 2. The van der Waals surface area contributed by atoms with E-state index >= 15 is 0 Å². The zero-order valence-electron chi connectivity index (χ0n) is 15.5. The maximum absolute atomic E-state index is 12.2. The number of tetrazole rings is 1. The van der Waals surface area contributed by atoms with Crippen LogP contribution in [0.5, 0.6) is 0 Å². The molecule has 0 aliphatic rings. The molecule has 2 heterocycles. The van der Waals surface area contributed by atoms with Gasteiger partial charge in [0.1, 0.15) is 12.2 Å². The molecular weight excluding hydrogens is 356 g/mol. The summed E-state index contributed by atoms with van der Waals surface area (Å²) in [5.74, 6) is 0.396. The molecule has 0 fully saturated rings. The van der Waals surface area contributed by atoms with Crippen LogP contribution in [0, 0.1) is 13.8 Å². The Kier molecular flexibility index (Phi) is 4.67. The molecule has 4 aromatic rings. The third-order valence-electron chi connectivity index (χ3n) is 4.17. The summed E-state index contributed by atoms with van der Waals surface area (Å²) in [6.45, 7) is 3.94. The predicted molar refractivity (Wildman–Crippen MR) is 103 cm³/mol. The van der Waals surface area contributed by atoms with Gasteiger partial charge in [-0.05, 0) is 19.1 Å². The minimum atomic E-state index is -0.334. The SMILES string of the molecule is Cc1ccc(-c2cc(NC(=O)Cn3nnc(-c4ccc(C)cc4)n3)on2)cc1. The van der Waals surface area contributed by atoms with E-state index in [1.165, 1.54) is 4.80 Å². The normalized spacial score (nSPS) is 10.8. The Morgan fingerprint density at radius 2 is 1.64 bits per heavy atom. The van der Waals surface area contributed by atoms with Crippen LogP contribution in [0.2, 0.25) is 0 Å². The van der Waals surface area contributed by atoms with Crippen molar-refractivity contribution in [2.45, 2.75) is 20.4 Å². The van der Waals surface area contributed by atoms with E-state index < -0.39 is 0 Å². The van der Waals surface area contributed by atoms with Crippen LogP contribution in [0.1, 0.15) is 11.1 Å². The van der Waals surface area contributed by atoms with Crippen LogP contribution in [0.15, 0.2) is 59.1 Å². The molecule has 8 nitrogen and oxygen atoms in total. The lowest BCUT2D eigenvalue weighted by molar-refractivity contribution is -0.117. The smallest absolute Gasteiger partial charge is 0.250 e. The minimum Gasteiger partial charge on any atom is -0.338 e. The molecule has 1 N–H and O–H groups in total. The van der Waals surface area contributed by atoms with Crippen molar-refractivity contribution >= 4 is 11.8 Å². The first-order valence-corrected chi connectivity index (χ1v) is 8.75. The fourth-order valence-electron chi connectivity index (χ4n) is 2.63. The Hall–Kier alpha value is -3.81. The number of amides is 1. The topological polar surface area (TPSA) is 98.7 Å². The van der Waals surface area contributed by atoms with E-state index in [1.54, 1.807) is 6.07 Å².